The number of rotatable bonds is 2. The van der Waals surface area contributed by atoms with Gasteiger partial charge in [-0.25, -0.2) is 0 Å². The van der Waals surface area contributed by atoms with E-state index in [0.29, 0.717) is 16.1 Å². The van der Waals surface area contributed by atoms with Gasteiger partial charge in [0.25, 0.3) is 5.88 Å². The summed E-state index contributed by atoms with van der Waals surface area (Å²) in [5.41, 5.74) is 0.857. The fraction of sp³-hybridized carbons (Fsp3) is 0.111. The van der Waals surface area contributed by atoms with Crippen LogP contribution in [0.4, 0.5) is 0 Å². The van der Waals surface area contributed by atoms with Gasteiger partial charge in [-0.3, -0.25) is 4.98 Å². The van der Waals surface area contributed by atoms with Crippen molar-refractivity contribution in [1.29, 1.82) is 0 Å². The molecule has 0 bridgehead atoms. The van der Waals surface area contributed by atoms with E-state index in [1.807, 2.05) is 12.1 Å². The maximum atomic E-state index is 5.11. The highest BCUT2D eigenvalue weighted by molar-refractivity contribution is 9.10. The van der Waals surface area contributed by atoms with Gasteiger partial charge < -0.3 is 9.26 Å². The lowest BCUT2D eigenvalue weighted by atomic mass is 10.2. The molecule has 0 aliphatic rings. The van der Waals surface area contributed by atoms with Gasteiger partial charge in [0, 0.05) is 18.0 Å². The highest BCUT2D eigenvalue weighted by Crippen LogP contribution is 2.34. The van der Waals surface area contributed by atoms with Crippen molar-refractivity contribution >= 4 is 15.9 Å². The standard InChI is InChI=1S/C9H7BrN2O2/c1-13-9-7(10)8(14-12-9)6-3-2-4-11-5-6/h2-5H,1H3. The smallest absolute Gasteiger partial charge is 0.269 e. The van der Waals surface area contributed by atoms with Crippen molar-refractivity contribution in [3.8, 4) is 17.2 Å². The van der Waals surface area contributed by atoms with E-state index in [2.05, 4.69) is 26.1 Å². The average Bonchev–Trinajstić information content (AvgIpc) is 2.61. The van der Waals surface area contributed by atoms with E-state index in [1.54, 1.807) is 12.4 Å². The van der Waals surface area contributed by atoms with Crippen LogP contribution in [0.3, 0.4) is 0 Å². The summed E-state index contributed by atoms with van der Waals surface area (Å²) in [4.78, 5) is 3.99. The second-order valence-corrected chi connectivity index (χ2v) is 3.37. The predicted octanol–water partition coefficient (Wildman–Crippen LogP) is 2.51. The number of hydrogen-bond donors (Lipinski definition) is 0. The SMILES string of the molecule is COc1noc(-c2cccnc2)c1Br. The third kappa shape index (κ3) is 1.50. The molecule has 5 heteroatoms. The van der Waals surface area contributed by atoms with E-state index in [9.17, 15) is 0 Å². The molecule has 0 saturated carbocycles. The van der Waals surface area contributed by atoms with Crippen LogP contribution >= 0.6 is 15.9 Å². The highest BCUT2D eigenvalue weighted by Gasteiger charge is 2.15. The Morgan fingerprint density at radius 2 is 2.36 bits per heavy atom. The van der Waals surface area contributed by atoms with Gasteiger partial charge in [-0.15, -0.1) is 0 Å². The monoisotopic (exact) mass is 254 g/mol. The van der Waals surface area contributed by atoms with Crippen LogP contribution < -0.4 is 4.74 Å². The van der Waals surface area contributed by atoms with Crippen LogP contribution in [0.5, 0.6) is 5.88 Å². The van der Waals surface area contributed by atoms with Crippen LogP contribution in [0, 0.1) is 0 Å². The van der Waals surface area contributed by atoms with Gasteiger partial charge in [-0.1, -0.05) is 0 Å². The lowest BCUT2D eigenvalue weighted by molar-refractivity contribution is 0.342. The number of ether oxygens (including phenoxy) is 1. The fourth-order valence-corrected chi connectivity index (χ4v) is 1.60. The minimum absolute atomic E-state index is 0.434. The van der Waals surface area contributed by atoms with Gasteiger partial charge in [0.15, 0.2) is 5.76 Å². The molecule has 2 heterocycles. The first kappa shape index (κ1) is 9.21. The molecule has 72 valence electrons. The summed E-state index contributed by atoms with van der Waals surface area (Å²) < 4.78 is 10.8. The van der Waals surface area contributed by atoms with Crippen LogP contribution in [-0.4, -0.2) is 17.3 Å². The summed E-state index contributed by atoms with van der Waals surface area (Å²) >= 11 is 3.34. The van der Waals surface area contributed by atoms with Gasteiger partial charge in [-0.2, -0.15) is 0 Å². The molecule has 2 aromatic rings. The van der Waals surface area contributed by atoms with Crippen LogP contribution in [-0.2, 0) is 0 Å². The first-order valence-electron chi connectivity index (χ1n) is 3.92. The van der Waals surface area contributed by atoms with E-state index in [-0.39, 0.29) is 0 Å². The van der Waals surface area contributed by atoms with E-state index in [1.165, 1.54) is 7.11 Å². The van der Waals surface area contributed by atoms with E-state index < -0.39 is 0 Å². The number of aromatic nitrogens is 2. The third-order valence-electron chi connectivity index (χ3n) is 1.72. The molecular weight excluding hydrogens is 248 g/mol. The predicted molar refractivity (Wildman–Crippen MR) is 54.0 cm³/mol. The molecule has 14 heavy (non-hydrogen) atoms. The first-order chi connectivity index (χ1) is 6.83. The van der Waals surface area contributed by atoms with Gasteiger partial charge in [0.2, 0.25) is 0 Å². The molecule has 0 atom stereocenters. The maximum absolute atomic E-state index is 5.11. The van der Waals surface area contributed by atoms with Crippen molar-refractivity contribution in [2.24, 2.45) is 0 Å². The van der Waals surface area contributed by atoms with E-state index in [0.717, 1.165) is 5.56 Å². The first-order valence-corrected chi connectivity index (χ1v) is 4.72. The fourth-order valence-electron chi connectivity index (χ4n) is 1.07. The zero-order valence-electron chi connectivity index (χ0n) is 7.40. The Hall–Kier alpha value is -1.36. The second-order valence-electron chi connectivity index (χ2n) is 2.58. The Morgan fingerprint density at radius 1 is 1.50 bits per heavy atom. The molecule has 0 fully saturated rings. The van der Waals surface area contributed by atoms with Crippen molar-refractivity contribution in [2.75, 3.05) is 7.11 Å². The molecule has 0 unspecified atom stereocenters. The van der Waals surface area contributed by atoms with Crippen LogP contribution in [0.25, 0.3) is 11.3 Å². The Bertz CT molecular complexity index is 428. The van der Waals surface area contributed by atoms with E-state index in [4.69, 9.17) is 9.26 Å². The van der Waals surface area contributed by atoms with Crippen LogP contribution in [0.15, 0.2) is 33.5 Å². The van der Waals surface area contributed by atoms with Crippen molar-refractivity contribution in [3.63, 3.8) is 0 Å². The molecule has 0 spiro atoms. The molecule has 0 N–H and O–H groups in total. The van der Waals surface area contributed by atoms with Gasteiger partial charge in [0.05, 0.1) is 7.11 Å². The zero-order chi connectivity index (χ0) is 9.97. The Kier molecular flexibility index (Phi) is 2.49. The van der Waals surface area contributed by atoms with Crippen molar-refractivity contribution in [1.82, 2.24) is 10.1 Å². The number of halogens is 1. The number of pyridine rings is 1. The lowest BCUT2D eigenvalue weighted by Crippen LogP contribution is -1.82. The minimum Gasteiger partial charge on any atom is -0.478 e. The molecule has 0 amide bonds. The summed E-state index contributed by atoms with van der Waals surface area (Å²) in [6.45, 7) is 0. The number of methoxy groups -OCH3 is 1. The maximum Gasteiger partial charge on any atom is 0.269 e. The van der Waals surface area contributed by atoms with E-state index >= 15 is 0 Å². The Balaban J connectivity index is 2.48. The highest BCUT2D eigenvalue weighted by atomic mass is 79.9. The summed E-state index contributed by atoms with van der Waals surface area (Å²) in [6, 6.07) is 3.72. The van der Waals surface area contributed by atoms with Gasteiger partial charge in [0.1, 0.15) is 4.47 Å². The number of nitrogens with zero attached hydrogens (tertiary/aromatic N) is 2. The van der Waals surface area contributed by atoms with Gasteiger partial charge in [-0.05, 0) is 33.2 Å². The van der Waals surface area contributed by atoms with Gasteiger partial charge >= 0.3 is 0 Å². The lowest BCUT2D eigenvalue weighted by Gasteiger charge is -1.94. The van der Waals surface area contributed by atoms with Crippen molar-refractivity contribution < 1.29 is 9.26 Å². The second kappa shape index (κ2) is 3.79. The van der Waals surface area contributed by atoms with Crippen LogP contribution in [0.2, 0.25) is 0 Å². The summed E-state index contributed by atoms with van der Waals surface area (Å²) in [6.07, 6.45) is 3.40. The quantitative estimate of drug-likeness (QED) is 0.827. The minimum atomic E-state index is 0.434. The third-order valence-corrected chi connectivity index (χ3v) is 2.42. The van der Waals surface area contributed by atoms with Crippen LogP contribution in [0.1, 0.15) is 0 Å². The average molecular weight is 255 g/mol. The summed E-state index contributed by atoms with van der Waals surface area (Å²) in [7, 11) is 1.54. The molecule has 2 aromatic heterocycles. The molecule has 0 aliphatic heterocycles. The largest absolute Gasteiger partial charge is 0.478 e. The molecular formula is C9H7BrN2O2. The molecule has 0 aromatic carbocycles. The normalized spacial score (nSPS) is 10.1. The molecule has 0 saturated heterocycles. The molecule has 2 rings (SSSR count). The molecule has 4 nitrogen and oxygen atoms in total. The van der Waals surface area contributed by atoms with Crippen molar-refractivity contribution in [2.45, 2.75) is 0 Å². The Labute approximate surface area is 89.0 Å². The van der Waals surface area contributed by atoms with Crippen molar-refractivity contribution in [3.05, 3.63) is 29.0 Å². The Morgan fingerprint density at radius 3 is 2.93 bits per heavy atom. The molecule has 0 aliphatic carbocycles. The summed E-state index contributed by atoms with van der Waals surface area (Å²) in [5.74, 6) is 1.05. The topological polar surface area (TPSA) is 48.2 Å². The number of hydrogen-bond acceptors (Lipinski definition) is 4. The zero-order valence-corrected chi connectivity index (χ0v) is 8.98. The molecule has 0 radical (unpaired) electrons. The summed E-state index contributed by atoms with van der Waals surface area (Å²) in [5, 5.41) is 3.74.